The standard InChI is InChI=1S/C20H20F3N3O2/c1-18-8-10(9-24)6-7-19(18,2)26-15(16(18)27)13-11-4-3-5-12(20(21,22)23)14(11)25-17(13)28/h3-4,10,12,26H,5-8H2,1-2H3,(H,25,28)/b15-13-/t10?,12?,18-,19-/m0/s1. The van der Waals surface area contributed by atoms with E-state index >= 15 is 0 Å². The normalized spacial score (nSPS) is 40.0. The first-order valence-electron chi connectivity index (χ1n) is 9.28. The molecule has 8 heteroatoms. The lowest BCUT2D eigenvalue weighted by Crippen LogP contribution is -2.53. The molecule has 0 bridgehead atoms. The first-order valence-corrected chi connectivity index (χ1v) is 9.28. The quantitative estimate of drug-likeness (QED) is 0.622. The number of nitriles is 1. The summed E-state index contributed by atoms with van der Waals surface area (Å²) >= 11 is 0. The number of carbonyl (C=O) groups excluding carboxylic acids is 2. The van der Waals surface area contributed by atoms with Crippen LogP contribution in [0.25, 0.3) is 0 Å². The molecule has 5 nitrogen and oxygen atoms in total. The van der Waals surface area contributed by atoms with Gasteiger partial charge in [0.15, 0.2) is 5.78 Å². The lowest BCUT2D eigenvalue weighted by atomic mass is 9.60. The predicted molar refractivity (Wildman–Crippen MR) is 93.1 cm³/mol. The van der Waals surface area contributed by atoms with Crippen molar-refractivity contribution in [3.8, 4) is 6.07 Å². The van der Waals surface area contributed by atoms with E-state index in [1.807, 2.05) is 6.92 Å². The van der Waals surface area contributed by atoms with Gasteiger partial charge in [-0.05, 0) is 39.5 Å². The van der Waals surface area contributed by atoms with Crippen LogP contribution in [0.2, 0.25) is 0 Å². The molecule has 1 saturated carbocycles. The topological polar surface area (TPSA) is 82.0 Å². The molecule has 0 aromatic carbocycles. The minimum atomic E-state index is -4.49. The van der Waals surface area contributed by atoms with Gasteiger partial charge < -0.3 is 10.6 Å². The summed E-state index contributed by atoms with van der Waals surface area (Å²) < 4.78 is 40.2. The number of fused-ring (bicyclic) bond motifs is 1. The van der Waals surface area contributed by atoms with E-state index in [-0.39, 0.29) is 40.7 Å². The van der Waals surface area contributed by atoms with Crippen LogP contribution in [0.5, 0.6) is 0 Å². The summed E-state index contributed by atoms with van der Waals surface area (Å²) in [6.07, 6.45) is -0.307. The van der Waals surface area contributed by atoms with E-state index in [4.69, 9.17) is 0 Å². The minimum absolute atomic E-state index is 0.0180. The second kappa shape index (κ2) is 5.72. The Bertz CT molecular complexity index is 924. The number of alkyl halides is 3. The van der Waals surface area contributed by atoms with E-state index in [0.29, 0.717) is 19.3 Å². The summed E-state index contributed by atoms with van der Waals surface area (Å²) in [5.74, 6) is -3.05. The van der Waals surface area contributed by atoms with Crippen LogP contribution in [0.3, 0.4) is 0 Å². The third-order valence-electron chi connectivity index (χ3n) is 6.86. The SMILES string of the molecule is C[C@@]12CC(C#N)CC[C@]1(C)N/C(=C1\C(=O)NC3=C1C=CCC3C(F)(F)F)C2=O. The largest absolute Gasteiger partial charge is 0.397 e. The molecular formula is C20H20F3N3O2. The lowest BCUT2D eigenvalue weighted by molar-refractivity contribution is -0.164. The average Bonchev–Trinajstić information content (AvgIpc) is 3.05. The number of allylic oxidation sites excluding steroid dienone is 4. The molecule has 0 aromatic rings. The number of nitrogens with one attached hydrogen (secondary N) is 2. The van der Waals surface area contributed by atoms with E-state index in [1.54, 1.807) is 6.92 Å². The van der Waals surface area contributed by atoms with Crippen molar-refractivity contribution in [2.24, 2.45) is 17.3 Å². The highest BCUT2D eigenvalue weighted by Crippen LogP contribution is 2.53. The Morgan fingerprint density at radius 1 is 1.29 bits per heavy atom. The Morgan fingerprint density at radius 3 is 2.64 bits per heavy atom. The fraction of sp³-hybridized carbons (Fsp3) is 0.550. The van der Waals surface area contributed by atoms with Gasteiger partial charge in [-0.25, -0.2) is 0 Å². The Morgan fingerprint density at radius 2 is 2.00 bits per heavy atom. The molecule has 2 unspecified atom stereocenters. The van der Waals surface area contributed by atoms with Gasteiger partial charge in [0.2, 0.25) is 0 Å². The van der Waals surface area contributed by atoms with E-state index < -0.39 is 29.0 Å². The lowest BCUT2D eigenvalue weighted by Gasteiger charge is -2.44. The van der Waals surface area contributed by atoms with Crippen LogP contribution in [0.1, 0.15) is 39.5 Å². The first kappa shape index (κ1) is 18.8. The maximum atomic E-state index is 13.4. The molecule has 1 amide bonds. The van der Waals surface area contributed by atoms with Crippen molar-refractivity contribution in [3.63, 3.8) is 0 Å². The summed E-state index contributed by atoms with van der Waals surface area (Å²) in [6.45, 7) is 3.65. The number of hydrogen-bond acceptors (Lipinski definition) is 4. The van der Waals surface area contributed by atoms with Crippen molar-refractivity contribution < 1.29 is 22.8 Å². The summed E-state index contributed by atoms with van der Waals surface area (Å²) in [4.78, 5) is 26.0. The third-order valence-corrected chi connectivity index (χ3v) is 6.86. The van der Waals surface area contributed by atoms with Crippen LogP contribution in [0.15, 0.2) is 34.7 Å². The van der Waals surface area contributed by atoms with Gasteiger partial charge in [0.05, 0.1) is 28.7 Å². The number of ketones is 1. The predicted octanol–water partition coefficient (Wildman–Crippen LogP) is 3.02. The number of hydrogen-bond donors (Lipinski definition) is 2. The van der Waals surface area contributed by atoms with Crippen molar-refractivity contribution in [3.05, 3.63) is 34.7 Å². The number of halogens is 3. The van der Waals surface area contributed by atoms with Crippen molar-refractivity contribution in [1.29, 1.82) is 5.26 Å². The second-order valence-electron chi connectivity index (χ2n) is 8.45. The fourth-order valence-corrected chi connectivity index (χ4v) is 4.94. The number of rotatable bonds is 0. The van der Waals surface area contributed by atoms with Gasteiger partial charge in [-0.2, -0.15) is 18.4 Å². The molecule has 28 heavy (non-hydrogen) atoms. The summed E-state index contributed by atoms with van der Waals surface area (Å²) in [5, 5.41) is 14.8. The van der Waals surface area contributed by atoms with E-state index in [9.17, 15) is 28.0 Å². The Labute approximate surface area is 160 Å². The van der Waals surface area contributed by atoms with Gasteiger partial charge in [-0.1, -0.05) is 12.2 Å². The molecule has 2 heterocycles. The van der Waals surface area contributed by atoms with Gasteiger partial charge in [-0.15, -0.1) is 0 Å². The molecule has 0 aromatic heterocycles. The Balaban J connectivity index is 1.83. The van der Waals surface area contributed by atoms with E-state index in [0.717, 1.165) is 0 Å². The number of amides is 1. The molecule has 4 atom stereocenters. The van der Waals surface area contributed by atoms with Gasteiger partial charge in [0.25, 0.3) is 5.91 Å². The van der Waals surface area contributed by atoms with Crippen molar-refractivity contribution in [1.82, 2.24) is 10.6 Å². The van der Waals surface area contributed by atoms with Gasteiger partial charge in [0, 0.05) is 22.7 Å². The van der Waals surface area contributed by atoms with Crippen molar-refractivity contribution >= 4 is 11.7 Å². The molecule has 148 valence electrons. The number of Topliss-reactive ketones (excluding diaryl/α,β-unsaturated/α-hetero) is 1. The highest BCUT2D eigenvalue weighted by atomic mass is 19.4. The summed E-state index contributed by atoms with van der Waals surface area (Å²) in [6, 6.07) is 2.22. The van der Waals surface area contributed by atoms with Gasteiger partial charge in [-0.3, -0.25) is 9.59 Å². The molecule has 2 fully saturated rings. The highest BCUT2D eigenvalue weighted by molar-refractivity contribution is 6.14. The molecule has 0 spiro atoms. The molecule has 2 aliphatic heterocycles. The highest BCUT2D eigenvalue weighted by Gasteiger charge is 2.61. The molecule has 4 aliphatic rings. The zero-order valence-corrected chi connectivity index (χ0v) is 15.5. The van der Waals surface area contributed by atoms with Crippen LogP contribution in [0.4, 0.5) is 13.2 Å². The van der Waals surface area contributed by atoms with E-state index in [1.165, 1.54) is 12.2 Å². The molecular weight excluding hydrogens is 371 g/mol. The summed E-state index contributed by atoms with van der Waals surface area (Å²) in [5.41, 5.74) is -1.53. The third kappa shape index (κ3) is 2.38. The monoisotopic (exact) mass is 391 g/mol. The average molecular weight is 391 g/mol. The van der Waals surface area contributed by atoms with Crippen molar-refractivity contribution in [2.45, 2.75) is 51.2 Å². The summed E-state index contributed by atoms with van der Waals surface area (Å²) in [7, 11) is 0. The van der Waals surface area contributed by atoms with Crippen LogP contribution in [-0.2, 0) is 9.59 Å². The van der Waals surface area contributed by atoms with Crippen LogP contribution in [-0.4, -0.2) is 23.4 Å². The Hall–Kier alpha value is -2.56. The van der Waals surface area contributed by atoms with Gasteiger partial charge in [0.1, 0.15) is 0 Å². The molecule has 4 rings (SSSR count). The first-order chi connectivity index (χ1) is 13.0. The van der Waals surface area contributed by atoms with Crippen LogP contribution < -0.4 is 10.6 Å². The molecule has 0 radical (unpaired) electrons. The smallest absolute Gasteiger partial charge is 0.375 e. The number of carbonyl (C=O) groups is 2. The minimum Gasteiger partial charge on any atom is -0.375 e. The van der Waals surface area contributed by atoms with Crippen molar-refractivity contribution in [2.75, 3.05) is 0 Å². The Kier molecular flexibility index (Phi) is 3.84. The zero-order valence-electron chi connectivity index (χ0n) is 15.5. The van der Waals surface area contributed by atoms with Crippen LogP contribution >= 0.6 is 0 Å². The maximum absolute atomic E-state index is 13.4. The molecule has 1 saturated heterocycles. The zero-order chi connectivity index (χ0) is 20.5. The second-order valence-corrected chi connectivity index (χ2v) is 8.45. The maximum Gasteiger partial charge on any atom is 0.397 e. The van der Waals surface area contributed by atoms with Crippen LogP contribution in [0, 0.1) is 28.6 Å². The fourth-order valence-electron chi connectivity index (χ4n) is 4.94. The molecule has 2 N–H and O–H groups in total. The van der Waals surface area contributed by atoms with E-state index in [2.05, 4.69) is 16.7 Å². The number of nitrogens with zero attached hydrogens (tertiary/aromatic N) is 1. The molecule has 2 aliphatic carbocycles. The van der Waals surface area contributed by atoms with Gasteiger partial charge >= 0.3 is 6.18 Å².